The first-order chi connectivity index (χ1) is 7.09. The SMILES string of the molecule is Cn1c(CCl)nc(S(=O)(=O)O)c1S(N)(=O)=O. The second-order valence-electron chi connectivity index (χ2n) is 2.85. The molecule has 3 N–H and O–H groups in total. The zero-order valence-corrected chi connectivity index (χ0v) is 10.3. The van der Waals surface area contributed by atoms with Crippen molar-refractivity contribution in [2.75, 3.05) is 0 Å². The molecule has 0 spiro atoms. The second kappa shape index (κ2) is 3.96. The average molecular weight is 290 g/mol. The van der Waals surface area contributed by atoms with Gasteiger partial charge in [-0.15, -0.1) is 11.6 Å². The molecule has 0 bridgehead atoms. The molecule has 0 unspecified atom stereocenters. The lowest BCUT2D eigenvalue weighted by Crippen LogP contribution is -2.19. The highest BCUT2D eigenvalue weighted by atomic mass is 35.5. The molecule has 1 aromatic rings. The number of nitrogens with zero attached hydrogens (tertiary/aromatic N) is 2. The maximum absolute atomic E-state index is 11.1. The lowest BCUT2D eigenvalue weighted by atomic mass is 10.7. The van der Waals surface area contributed by atoms with Crippen LogP contribution in [-0.2, 0) is 33.1 Å². The molecular formula is C5H8ClN3O5S2. The van der Waals surface area contributed by atoms with Crippen LogP contribution in [0.25, 0.3) is 0 Å². The minimum atomic E-state index is -4.78. The van der Waals surface area contributed by atoms with Gasteiger partial charge in [0.2, 0.25) is 5.03 Å². The van der Waals surface area contributed by atoms with Crippen molar-refractivity contribution in [1.29, 1.82) is 0 Å². The predicted molar refractivity (Wildman–Crippen MR) is 54.0 cm³/mol. The third-order valence-electron chi connectivity index (χ3n) is 1.74. The quantitative estimate of drug-likeness (QED) is 0.545. The molecule has 92 valence electrons. The maximum atomic E-state index is 11.1. The molecule has 0 saturated carbocycles. The van der Waals surface area contributed by atoms with Crippen LogP contribution < -0.4 is 5.14 Å². The zero-order chi connectivity index (χ0) is 12.7. The normalized spacial score (nSPS) is 13.0. The summed E-state index contributed by atoms with van der Waals surface area (Å²) in [4.78, 5) is 3.40. The Labute approximate surface area is 96.8 Å². The fourth-order valence-corrected chi connectivity index (χ4v) is 3.36. The number of halogens is 1. The van der Waals surface area contributed by atoms with E-state index in [0.717, 1.165) is 4.57 Å². The number of hydrogen-bond donors (Lipinski definition) is 2. The lowest BCUT2D eigenvalue weighted by molar-refractivity contribution is 0.474. The molecule has 0 aromatic carbocycles. The summed E-state index contributed by atoms with van der Waals surface area (Å²) in [6.07, 6.45) is 0. The Hall–Kier alpha value is -0.680. The van der Waals surface area contributed by atoms with Gasteiger partial charge in [0.15, 0.2) is 5.03 Å². The highest BCUT2D eigenvalue weighted by molar-refractivity contribution is 7.91. The van der Waals surface area contributed by atoms with Crippen molar-refractivity contribution in [2.45, 2.75) is 15.9 Å². The highest BCUT2D eigenvalue weighted by Gasteiger charge is 2.30. The number of imidazole rings is 1. The fourth-order valence-electron chi connectivity index (χ4n) is 1.10. The molecule has 0 saturated heterocycles. The number of primary sulfonamides is 1. The summed E-state index contributed by atoms with van der Waals surface area (Å²) >= 11 is 5.42. The third-order valence-corrected chi connectivity index (χ3v) is 3.89. The lowest BCUT2D eigenvalue weighted by Gasteiger charge is -2.02. The van der Waals surface area contributed by atoms with Crippen molar-refractivity contribution < 1.29 is 21.4 Å². The first kappa shape index (κ1) is 13.4. The van der Waals surface area contributed by atoms with Crippen LogP contribution >= 0.6 is 11.6 Å². The van der Waals surface area contributed by atoms with E-state index in [4.69, 9.17) is 21.3 Å². The zero-order valence-electron chi connectivity index (χ0n) is 7.95. The molecule has 1 rings (SSSR count). The summed E-state index contributed by atoms with van der Waals surface area (Å²) in [5, 5.41) is 3.00. The summed E-state index contributed by atoms with van der Waals surface area (Å²) in [6, 6.07) is 0. The van der Waals surface area contributed by atoms with E-state index >= 15 is 0 Å². The molecule has 0 amide bonds. The van der Waals surface area contributed by atoms with Crippen LogP contribution in [0.5, 0.6) is 0 Å². The number of hydrogen-bond acceptors (Lipinski definition) is 5. The molecule has 0 aliphatic heterocycles. The monoisotopic (exact) mass is 289 g/mol. The van der Waals surface area contributed by atoms with Gasteiger partial charge in [-0.3, -0.25) is 4.55 Å². The van der Waals surface area contributed by atoms with Gasteiger partial charge in [0.05, 0.1) is 5.88 Å². The smallest absolute Gasteiger partial charge is 0.315 e. The Balaban J connectivity index is 3.77. The summed E-state index contributed by atoms with van der Waals surface area (Å²) in [6.45, 7) is 0. The molecule has 11 heteroatoms. The van der Waals surface area contributed by atoms with Crippen molar-refractivity contribution >= 4 is 31.7 Å². The van der Waals surface area contributed by atoms with E-state index in [1.165, 1.54) is 7.05 Å². The van der Waals surface area contributed by atoms with Crippen LogP contribution in [0.2, 0.25) is 0 Å². The van der Waals surface area contributed by atoms with Gasteiger partial charge in [0.25, 0.3) is 10.0 Å². The van der Waals surface area contributed by atoms with Gasteiger partial charge < -0.3 is 4.57 Å². The van der Waals surface area contributed by atoms with Crippen LogP contribution in [0.1, 0.15) is 5.82 Å². The molecule has 16 heavy (non-hydrogen) atoms. The maximum Gasteiger partial charge on any atom is 0.315 e. The Morgan fingerprint density at radius 1 is 1.44 bits per heavy atom. The molecule has 1 aromatic heterocycles. The van der Waals surface area contributed by atoms with Crippen LogP contribution in [0.15, 0.2) is 10.1 Å². The summed E-state index contributed by atoms with van der Waals surface area (Å²) in [5.41, 5.74) is 0. The number of sulfonamides is 1. The Morgan fingerprint density at radius 2 is 1.94 bits per heavy atom. The van der Waals surface area contributed by atoms with E-state index in [9.17, 15) is 16.8 Å². The first-order valence-electron chi connectivity index (χ1n) is 3.71. The van der Waals surface area contributed by atoms with Crippen molar-refractivity contribution in [1.82, 2.24) is 9.55 Å². The molecule has 1 heterocycles. The minimum absolute atomic E-state index is 0.0432. The molecule has 0 aliphatic carbocycles. The summed E-state index contributed by atoms with van der Waals surface area (Å²) in [7, 11) is -7.89. The Bertz CT molecular complexity index is 617. The van der Waals surface area contributed by atoms with E-state index in [-0.39, 0.29) is 11.7 Å². The first-order valence-corrected chi connectivity index (χ1v) is 7.23. The number of alkyl halides is 1. The number of aromatic nitrogens is 2. The topological polar surface area (TPSA) is 132 Å². The fraction of sp³-hybridized carbons (Fsp3) is 0.400. The molecular weight excluding hydrogens is 282 g/mol. The van der Waals surface area contributed by atoms with Gasteiger partial charge in [0, 0.05) is 7.05 Å². The van der Waals surface area contributed by atoms with Crippen LogP contribution in [-0.4, -0.2) is 30.9 Å². The molecule has 8 nitrogen and oxygen atoms in total. The second-order valence-corrected chi connectivity index (χ2v) is 5.93. The van der Waals surface area contributed by atoms with E-state index in [1.807, 2.05) is 0 Å². The summed E-state index contributed by atoms with van der Waals surface area (Å²) in [5.74, 6) is -0.271. The third kappa shape index (κ3) is 2.35. The van der Waals surface area contributed by atoms with Gasteiger partial charge in [-0.25, -0.2) is 18.5 Å². The van der Waals surface area contributed by atoms with Crippen LogP contribution in [0, 0.1) is 0 Å². The van der Waals surface area contributed by atoms with Crippen molar-refractivity contribution in [3.63, 3.8) is 0 Å². The van der Waals surface area contributed by atoms with Crippen molar-refractivity contribution in [2.24, 2.45) is 12.2 Å². The van der Waals surface area contributed by atoms with Crippen molar-refractivity contribution in [3.8, 4) is 0 Å². The standard InChI is InChI=1S/C5H8ClN3O5S2/c1-9-3(2-6)8-4(16(12,13)14)5(9)15(7,10)11/h2H2,1H3,(H2,7,10,11)(H,12,13,14). The van der Waals surface area contributed by atoms with Gasteiger partial charge >= 0.3 is 10.1 Å². The van der Waals surface area contributed by atoms with E-state index in [0.29, 0.717) is 0 Å². The van der Waals surface area contributed by atoms with E-state index in [2.05, 4.69) is 4.98 Å². The largest absolute Gasteiger partial charge is 0.319 e. The van der Waals surface area contributed by atoms with Gasteiger partial charge in [-0.05, 0) is 0 Å². The van der Waals surface area contributed by atoms with Crippen LogP contribution in [0.3, 0.4) is 0 Å². The summed E-state index contributed by atoms with van der Waals surface area (Å²) < 4.78 is 53.8. The van der Waals surface area contributed by atoms with Crippen molar-refractivity contribution in [3.05, 3.63) is 5.82 Å². The molecule has 0 atom stereocenters. The average Bonchev–Trinajstić information content (AvgIpc) is 2.40. The van der Waals surface area contributed by atoms with E-state index in [1.54, 1.807) is 0 Å². The molecule has 0 fully saturated rings. The Kier molecular flexibility index (Phi) is 3.32. The van der Waals surface area contributed by atoms with E-state index < -0.39 is 30.2 Å². The Morgan fingerprint density at radius 3 is 2.19 bits per heavy atom. The molecule has 0 radical (unpaired) electrons. The van der Waals surface area contributed by atoms with Gasteiger partial charge in [-0.2, -0.15) is 8.42 Å². The van der Waals surface area contributed by atoms with Gasteiger partial charge in [-0.1, -0.05) is 0 Å². The number of rotatable bonds is 3. The van der Waals surface area contributed by atoms with Crippen LogP contribution in [0.4, 0.5) is 0 Å². The highest BCUT2D eigenvalue weighted by Crippen LogP contribution is 2.20. The predicted octanol–water partition coefficient (Wildman–Crippen LogP) is -0.947. The number of nitrogens with two attached hydrogens (primary N) is 1. The van der Waals surface area contributed by atoms with Gasteiger partial charge in [0.1, 0.15) is 5.82 Å². The minimum Gasteiger partial charge on any atom is -0.319 e. The molecule has 0 aliphatic rings.